The Labute approximate surface area is 101 Å². The highest BCUT2D eigenvalue weighted by Crippen LogP contribution is 2.39. The fourth-order valence-electron chi connectivity index (χ4n) is 2.74. The highest BCUT2D eigenvalue weighted by Gasteiger charge is 2.27. The first-order chi connectivity index (χ1) is 7.74. The number of unbranched alkanes of at least 4 members (excludes halogenated alkanes) is 1. The Bertz CT molecular complexity index is 124. The second-order valence-electron chi connectivity index (χ2n) is 5.01. The van der Waals surface area contributed by atoms with Crippen LogP contribution in [0.3, 0.4) is 0 Å². The van der Waals surface area contributed by atoms with Crippen LogP contribution in [-0.2, 0) is 0 Å². The standard InChI is InChI=1S/C14H30O2/c1-3-5-9-14(8-4-2,10-6-12-15)11-7-13-16/h15-16H,3-13H2,1-2H3. The first-order valence-corrected chi connectivity index (χ1v) is 6.96. The molecule has 0 heterocycles. The van der Waals surface area contributed by atoms with Gasteiger partial charge in [0.25, 0.3) is 0 Å². The van der Waals surface area contributed by atoms with E-state index in [1.807, 2.05) is 0 Å². The van der Waals surface area contributed by atoms with Crippen LogP contribution >= 0.6 is 0 Å². The van der Waals surface area contributed by atoms with Crippen LogP contribution in [-0.4, -0.2) is 23.4 Å². The topological polar surface area (TPSA) is 40.5 Å². The summed E-state index contributed by atoms with van der Waals surface area (Å²) in [4.78, 5) is 0. The molecule has 2 heteroatoms. The molecule has 0 radical (unpaired) electrons. The number of hydrogen-bond acceptors (Lipinski definition) is 2. The molecule has 0 amide bonds. The molecule has 0 spiro atoms. The minimum Gasteiger partial charge on any atom is -0.396 e. The van der Waals surface area contributed by atoms with Crippen molar-refractivity contribution >= 4 is 0 Å². The van der Waals surface area contributed by atoms with Crippen LogP contribution < -0.4 is 0 Å². The van der Waals surface area contributed by atoms with Crippen molar-refractivity contribution in [1.82, 2.24) is 0 Å². The minimum absolute atomic E-state index is 0.302. The van der Waals surface area contributed by atoms with Crippen molar-refractivity contribution in [3.8, 4) is 0 Å². The summed E-state index contributed by atoms with van der Waals surface area (Å²) in [5.74, 6) is 0. The van der Waals surface area contributed by atoms with Crippen LogP contribution in [0.2, 0.25) is 0 Å². The zero-order chi connectivity index (χ0) is 12.3. The van der Waals surface area contributed by atoms with Gasteiger partial charge >= 0.3 is 0 Å². The average Bonchev–Trinajstić information content (AvgIpc) is 2.31. The van der Waals surface area contributed by atoms with Gasteiger partial charge in [-0.25, -0.2) is 0 Å². The second-order valence-corrected chi connectivity index (χ2v) is 5.01. The van der Waals surface area contributed by atoms with Crippen molar-refractivity contribution in [2.24, 2.45) is 5.41 Å². The van der Waals surface area contributed by atoms with Gasteiger partial charge < -0.3 is 10.2 Å². The summed E-state index contributed by atoms with van der Waals surface area (Å²) in [6.07, 6.45) is 10.3. The van der Waals surface area contributed by atoms with Gasteiger partial charge in [0.15, 0.2) is 0 Å². The molecule has 2 nitrogen and oxygen atoms in total. The normalized spacial score (nSPS) is 12.0. The van der Waals surface area contributed by atoms with E-state index in [4.69, 9.17) is 10.2 Å². The summed E-state index contributed by atoms with van der Waals surface area (Å²) < 4.78 is 0. The molecule has 2 N–H and O–H groups in total. The summed E-state index contributed by atoms with van der Waals surface area (Å²) in [6, 6.07) is 0. The van der Waals surface area contributed by atoms with Gasteiger partial charge in [0.2, 0.25) is 0 Å². The van der Waals surface area contributed by atoms with Crippen molar-refractivity contribution < 1.29 is 10.2 Å². The fraction of sp³-hybridized carbons (Fsp3) is 1.00. The van der Waals surface area contributed by atoms with E-state index in [1.54, 1.807) is 0 Å². The fourth-order valence-corrected chi connectivity index (χ4v) is 2.74. The molecule has 0 rings (SSSR count). The Balaban J connectivity index is 4.32. The SMILES string of the molecule is CCCCC(CCC)(CCCO)CCCO. The van der Waals surface area contributed by atoms with Gasteiger partial charge in [-0.3, -0.25) is 0 Å². The van der Waals surface area contributed by atoms with Crippen molar-refractivity contribution in [2.75, 3.05) is 13.2 Å². The Morgan fingerprint density at radius 3 is 1.56 bits per heavy atom. The molecule has 0 saturated heterocycles. The van der Waals surface area contributed by atoms with Gasteiger partial charge in [0.05, 0.1) is 0 Å². The summed E-state index contributed by atoms with van der Waals surface area (Å²) in [7, 11) is 0. The maximum atomic E-state index is 9.00. The second kappa shape index (κ2) is 10.1. The lowest BCUT2D eigenvalue weighted by Crippen LogP contribution is -2.22. The Hall–Kier alpha value is -0.0800. The quantitative estimate of drug-likeness (QED) is 0.570. The molecule has 0 atom stereocenters. The van der Waals surface area contributed by atoms with E-state index < -0.39 is 0 Å². The first-order valence-electron chi connectivity index (χ1n) is 6.96. The monoisotopic (exact) mass is 230 g/mol. The van der Waals surface area contributed by atoms with Crippen LogP contribution in [0.5, 0.6) is 0 Å². The lowest BCUT2D eigenvalue weighted by atomic mass is 9.72. The number of rotatable bonds is 11. The molecule has 0 bridgehead atoms. The van der Waals surface area contributed by atoms with Crippen LogP contribution in [0.25, 0.3) is 0 Å². The predicted octanol–water partition coefficient (Wildman–Crippen LogP) is 3.51. The third-order valence-corrected chi connectivity index (χ3v) is 3.57. The van der Waals surface area contributed by atoms with E-state index in [1.165, 1.54) is 32.1 Å². The summed E-state index contributed by atoms with van der Waals surface area (Å²) in [5.41, 5.74) is 0.385. The zero-order valence-electron chi connectivity index (χ0n) is 11.2. The van der Waals surface area contributed by atoms with Crippen molar-refractivity contribution in [3.63, 3.8) is 0 Å². The summed E-state index contributed by atoms with van der Waals surface area (Å²) >= 11 is 0. The van der Waals surface area contributed by atoms with E-state index in [2.05, 4.69) is 13.8 Å². The highest BCUT2D eigenvalue weighted by molar-refractivity contribution is 4.79. The third-order valence-electron chi connectivity index (χ3n) is 3.57. The highest BCUT2D eigenvalue weighted by atomic mass is 16.3. The molecule has 0 aromatic carbocycles. The van der Waals surface area contributed by atoms with Gasteiger partial charge in [-0.05, 0) is 43.9 Å². The molecule has 0 aromatic heterocycles. The minimum atomic E-state index is 0.302. The molecule has 98 valence electrons. The smallest absolute Gasteiger partial charge is 0.0431 e. The Morgan fingerprint density at radius 1 is 0.688 bits per heavy atom. The van der Waals surface area contributed by atoms with Gasteiger partial charge in [-0.2, -0.15) is 0 Å². The zero-order valence-corrected chi connectivity index (χ0v) is 11.2. The lowest BCUT2D eigenvalue weighted by molar-refractivity contribution is 0.147. The molecule has 0 unspecified atom stereocenters. The molecule has 0 fully saturated rings. The molecule has 0 aliphatic rings. The number of aliphatic hydroxyl groups excluding tert-OH is 2. The maximum absolute atomic E-state index is 9.00. The van der Waals surface area contributed by atoms with E-state index in [0.29, 0.717) is 18.6 Å². The Morgan fingerprint density at radius 2 is 1.19 bits per heavy atom. The van der Waals surface area contributed by atoms with Gasteiger partial charge in [-0.15, -0.1) is 0 Å². The average molecular weight is 230 g/mol. The lowest BCUT2D eigenvalue weighted by Gasteiger charge is -2.34. The number of aliphatic hydroxyl groups is 2. The molecular formula is C14H30O2. The van der Waals surface area contributed by atoms with E-state index in [9.17, 15) is 0 Å². The van der Waals surface area contributed by atoms with Crippen LogP contribution in [0, 0.1) is 5.41 Å². The Kier molecular flexibility index (Phi) is 10.0. The van der Waals surface area contributed by atoms with Gasteiger partial charge in [-0.1, -0.05) is 33.1 Å². The summed E-state index contributed by atoms with van der Waals surface area (Å²) in [6.45, 7) is 5.07. The molecule has 0 aliphatic heterocycles. The van der Waals surface area contributed by atoms with Crippen LogP contribution in [0.4, 0.5) is 0 Å². The van der Waals surface area contributed by atoms with Crippen molar-refractivity contribution in [1.29, 1.82) is 0 Å². The van der Waals surface area contributed by atoms with Crippen LogP contribution in [0.15, 0.2) is 0 Å². The molecule has 0 saturated carbocycles. The van der Waals surface area contributed by atoms with E-state index in [-0.39, 0.29) is 0 Å². The number of hydrogen-bond donors (Lipinski definition) is 2. The van der Waals surface area contributed by atoms with Crippen LogP contribution in [0.1, 0.15) is 71.6 Å². The largest absolute Gasteiger partial charge is 0.396 e. The summed E-state index contributed by atoms with van der Waals surface area (Å²) in [5, 5.41) is 18.0. The predicted molar refractivity (Wildman–Crippen MR) is 69.5 cm³/mol. The molecule has 16 heavy (non-hydrogen) atoms. The van der Waals surface area contributed by atoms with Crippen molar-refractivity contribution in [2.45, 2.75) is 71.6 Å². The van der Waals surface area contributed by atoms with E-state index in [0.717, 1.165) is 25.7 Å². The maximum Gasteiger partial charge on any atom is 0.0431 e. The van der Waals surface area contributed by atoms with Crippen molar-refractivity contribution in [3.05, 3.63) is 0 Å². The molecule has 0 aliphatic carbocycles. The van der Waals surface area contributed by atoms with E-state index >= 15 is 0 Å². The van der Waals surface area contributed by atoms with Gasteiger partial charge in [0.1, 0.15) is 0 Å². The third kappa shape index (κ3) is 6.49. The molecular weight excluding hydrogens is 200 g/mol. The molecule has 0 aromatic rings. The van der Waals surface area contributed by atoms with Gasteiger partial charge in [0, 0.05) is 13.2 Å². The first kappa shape index (κ1) is 15.9.